The Morgan fingerprint density at radius 3 is 2.56 bits per heavy atom. The first-order chi connectivity index (χ1) is 8.56. The third-order valence-corrected chi connectivity index (χ3v) is 2.35. The molecule has 1 unspecified atom stereocenters. The fourth-order valence-corrected chi connectivity index (χ4v) is 1.37. The molecule has 1 aromatic heterocycles. The minimum Gasteiger partial charge on any atom is -0.436 e. The van der Waals surface area contributed by atoms with E-state index < -0.39 is 17.7 Å². The number of aliphatic hydroxyl groups is 1. The Morgan fingerprint density at radius 2 is 2.00 bits per heavy atom. The fourth-order valence-electron chi connectivity index (χ4n) is 1.37. The number of halogens is 2. The summed E-state index contributed by atoms with van der Waals surface area (Å²) < 4.78 is 31.2. The molecule has 0 aliphatic heterocycles. The number of aromatic nitrogens is 1. The Hall–Kier alpha value is -2.01. The van der Waals surface area contributed by atoms with E-state index in [9.17, 15) is 13.9 Å². The molecular formula is C13H11F2NO2. The van der Waals surface area contributed by atoms with E-state index >= 15 is 0 Å². The van der Waals surface area contributed by atoms with Gasteiger partial charge in [-0.25, -0.2) is 13.8 Å². The summed E-state index contributed by atoms with van der Waals surface area (Å²) in [5, 5.41) is 9.30. The molecule has 0 amide bonds. The zero-order valence-electron chi connectivity index (χ0n) is 9.60. The number of nitrogens with zero attached hydrogens (tertiary/aromatic N) is 1. The molecule has 0 aliphatic carbocycles. The first-order valence-electron chi connectivity index (χ1n) is 5.33. The molecule has 0 spiro atoms. The van der Waals surface area contributed by atoms with Crippen LogP contribution in [0, 0.1) is 11.6 Å². The third-order valence-electron chi connectivity index (χ3n) is 2.35. The number of ether oxygens (including phenoxy) is 1. The van der Waals surface area contributed by atoms with Crippen molar-refractivity contribution in [1.29, 1.82) is 0 Å². The van der Waals surface area contributed by atoms with E-state index in [1.807, 2.05) is 0 Å². The van der Waals surface area contributed by atoms with Crippen molar-refractivity contribution >= 4 is 0 Å². The number of hydrogen-bond acceptors (Lipinski definition) is 3. The molecule has 1 heterocycles. The molecule has 2 rings (SSSR count). The summed E-state index contributed by atoms with van der Waals surface area (Å²) in [5.41, 5.74) is 0.627. The lowest BCUT2D eigenvalue weighted by atomic mass is 10.2. The van der Waals surface area contributed by atoms with Crippen LogP contribution < -0.4 is 4.74 Å². The van der Waals surface area contributed by atoms with Crippen LogP contribution in [0.15, 0.2) is 36.5 Å². The van der Waals surface area contributed by atoms with Crippen LogP contribution in [0.2, 0.25) is 0 Å². The summed E-state index contributed by atoms with van der Waals surface area (Å²) in [5.74, 6) is -1.40. The van der Waals surface area contributed by atoms with Crippen molar-refractivity contribution in [2.75, 3.05) is 0 Å². The molecule has 0 saturated heterocycles. The van der Waals surface area contributed by atoms with Gasteiger partial charge in [0.1, 0.15) is 5.82 Å². The number of pyridine rings is 1. The van der Waals surface area contributed by atoms with Gasteiger partial charge in [-0.15, -0.1) is 0 Å². The molecule has 0 radical (unpaired) electrons. The topological polar surface area (TPSA) is 42.4 Å². The van der Waals surface area contributed by atoms with Crippen LogP contribution in [-0.2, 0) is 0 Å². The SMILES string of the molecule is CC(O)c1ccc(Oc2ccc(F)cc2F)nc1. The molecule has 0 aliphatic rings. The maximum Gasteiger partial charge on any atom is 0.219 e. The molecule has 5 heteroatoms. The van der Waals surface area contributed by atoms with Gasteiger partial charge in [-0.1, -0.05) is 0 Å². The standard InChI is InChI=1S/C13H11F2NO2/c1-8(17)9-2-5-13(16-7-9)18-12-4-3-10(14)6-11(12)15/h2-8,17H,1H3. The highest BCUT2D eigenvalue weighted by molar-refractivity contribution is 5.29. The van der Waals surface area contributed by atoms with Crippen LogP contribution in [-0.4, -0.2) is 10.1 Å². The van der Waals surface area contributed by atoms with Crippen molar-refractivity contribution in [3.63, 3.8) is 0 Å². The molecule has 1 N–H and O–H groups in total. The zero-order chi connectivity index (χ0) is 13.1. The Balaban J connectivity index is 2.18. The second kappa shape index (κ2) is 5.10. The number of hydrogen-bond donors (Lipinski definition) is 1. The molecule has 18 heavy (non-hydrogen) atoms. The lowest BCUT2D eigenvalue weighted by molar-refractivity contribution is 0.198. The maximum atomic E-state index is 13.3. The normalized spacial score (nSPS) is 12.2. The van der Waals surface area contributed by atoms with Crippen LogP contribution in [0.3, 0.4) is 0 Å². The predicted octanol–water partition coefficient (Wildman–Crippen LogP) is 3.21. The molecule has 0 saturated carbocycles. The molecule has 0 fully saturated rings. The van der Waals surface area contributed by atoms with Crippen LogP contribution in [0.1, 0.15) is 18.6 Å². The van der Waals surface area contributed by atoms with E-state index in [4.69, 9.17) is 4.74 Å². The van der Waals surface area contributed by atoms with Crippen molar-refractivity contribution in [2.24, 2.45) is 0 Å². The number of rotatable bonds is 3. The van der Waals surface area contributed by atoms with Crippen LogP contribution >= 0.6 is 0 Å². The lowest BCUT2D eigenvalue weighted by Crippen LogP contribution is -1.95. The van der Waals surface area contributed by atoms with Gasteiger partial charge >= 0.3 is 0 Å². The Morgan fingerprint density at radius 1 is 1.22 bits per heavy atom. The molecule has 3 nitrogen and oxygen atoms in total. The highest BCUT2D eigenvalue weighted by Gasteiger charge is 2.07. The Kier molecular flexibility index (Phi) is 3.53. The molecule has 1 aromatic carbocycles. The highest BCUT2D eigenvalue weighted by Crippen LogP contribution is 2.24. The Bertz CT molecular complexity index is 541. The molecule has 2 aromatic rings. The van der Waals surface area contributed by atoms with Gasteiger partial charge < -0.3 is 9.84 Å². The van der Waals surface area contributed by atoms with Gasteiger partial charge in [0.25, 0.3) is 0 Å². The number of benzene rings is 1. The van der Waals surface area contributed by atoms with Crippen LogP contribution in [0.25, 0.3) is 0 Å². The quantitative estimate of drug-likeness (QED) is 0.910. The second-order valence-corrected chi connectivity index (χ2v) is 3.78. The van der Waals surface area contributed by atoms with E-state index in [1.165, 1.54) is 18.3 Å². The van der Waals surface area contributed by atoms with Gasteiger partial charge in [0.05, 0.1) is 6.10 Å². The van der Waals surface area contributed by atoms with Crippen LogP contribution in [0.5, 0.6) is 11.6 Å². The summed E-state index contributed by atoms with van der Waals surface area (Å²) >= 11 is 0. The Labute approximate surface area is 103 Å². The van der Waals surface area contributed by atoms with Gasteiger partial charge in [-0.05, 0) is 30.7 Å². The molecule has 94 valence electrons. The van der Waals surface area contributed by atoms with Gasteiger partial charge in [-0.3, -0.25) is 0 Å². The first kappa shape index (κ1) is 12.4. The molecular weight excluding hydrogens is 240 g/mol. The third kappa shape index (κ3) is 2.81. The van der Waals surface area contributed by atoms with E-state index in [1.54, 1.807) is 13.0 Å². The minimum atomic E-state index is -0.795. The first-order valence-corrected chi connectivity index (χ1v) is 5.33. The van der Waals surface area contributed by atoms with E-state index in [2.05, 4.69) is 4.98 Å². The van der Waals surface area contributed by atoms with E-state index in [0.717, 1.165) is 12.1 Å². The van der Waals surface area contributed by atoms with Crippen molar-refractivity contribution in [3.05, 3.63) is 53.7 Å². The monoisotopic (exact) mass is 251 g/mol. The molecule has 0 bridgehead atoms. The van der Waals surface area contributed by atoms with Crippen molar-refractivity contribution < 1.29 is 18.6 Å². The number of aliphatic hydroxyl groups excluding tert-OH is 1. The van der Waals surface area contributed by atoms with Crippen molar-refractivity contribution in [3.8, 4) is 11.6 Å². The smallest absolute Gasteiger partial charge is 0.219 e. The van der Waals surface area contributed by atoms with Crippen LogP contribution in [0.4, 0.5) is 8.78 Å². The van der Waals surface area contributed by atoms with Crippen molar-refractivity contribution in [1.82, 2.24) is 4.98 Å². The fraction of sp³-hybridized carbons (Fsp3) is 0.154. The van der Waals surface area contributed by atoms with Gasteiger partial charge in [0.15, 0.2) is 11.6 Å². The predicted molar refractivity (Wildman–Crippen MR) is 61.3 cm³/mol. The summed E-state index contributed by atoms with van der Waals surface area (Å²) in [6, 6.07) is 6.15. The highest BCUT2D eigenvalue weighted by atomic mass is 19.1. The summed E-state index contributed by atoms with van der Waals surface area (Å²) in [6.07, 6.45) is 0.802. The largest absolute Gasteiger partial charge is 0.436 e. The summed E-state index contributed by atoms with van der Waals surface area (Å²) in [4.78, 5) is 3.92. The lowest BCUT2D eigenvalue weighted by Gasteiger charge is -2.07. The average molecular weight is 251 g/mol. The van der Waals surface area contributed by atoms with E-state index in [0.29, 0.717) is 5.56 Å². The summed E-state index contributed by atoms with van der Waals surface area (Å²) in [6.45, 7) is 1.61. The van der Waals surface area contributed by atoms with Gasteiger partial charge in [0.2, 0.25) is 5.88 Å². The minimum absolute atomic E-state index is 0.103. The van der Waals surface area contributed by atoms with Crippen molar-refractivity contribution in [2.45, 2.75) is 13.0 Å². The maximum absolute atomic E-state index is 13.3. The van der Waals surface area contributed by atoms with E-state index in [-0.39, 0.29) is 11.6 Å². The zero-order valence-corrected chi connectivity index (χ0v) is 9.60. The van der Waals surface area contributed by atoms with Gasteiger partial charge in [0, 0.05) is 18.3 Å². The average Bonchev–Trinajstić information content (AvgIpc) is 2.33. The molecule has 1 atom stereocenters. The van der Waals surface area contributed by atoms with Gasteiger partial charge in [-0.2, -0.15) is 0 Å². The summed E-state index contributed by atoms with van der Waals surface area (Å²) in [7, 11) is 0. The second-order valence-electron chi connectivity index (χ2n) is 3.78.